The van der Waals surface area contributed by atoms with Crippen molar-refractivity contribution < 1.29 is 4.74 Å². The van der Waals surface area contributed by atoms with Gasteiger partial charge in [-0.05, 0) is 25.1 Å². The molecule has 3 heterocycles. The van der Waals surface area contributed by atoms with Gasteiger partial charge in [0, 0.05) is 37.6 Å². The molecule has 1 fully saturated rings. The van der Waals surface area contributed by atoms with Gasteiger partial charge in [0.25, 0.3) is 0 Å². The molecule has 2 aromatic heterocycles. The summed E-state index contributed by atoms with van der Waals surface area (Å²) in [7, 11) is 0. The highest BCUT2D eigenvalue weighted by atomic mass is 32.1. The average molecular weight is 354 g/mol. The fourth-order valence-electron chi connectivity index (χ4n) is 3.21. The Morgan fingerprint density at radius 3 is 2.68 bits per heavy atom. The monoisotopic (exact) mass is 354 g/mol. The van der Waals surface area contributed by atoms with Crippen LogP contribution >= 0.6 is 11.3 Å². The number of rotatable bonds is 5. The Labute approximate surface area is 151 Å². The van der Waals surface area contributed by atoms with Crippen LogP contribution in [-0.2, 0) is 0 Å². The first kappa shape index (κ1) is 16.3. The van der Waals surface area contributed by atoms with Crippen LogP contribution in [0.5, 0.6) is 5.75 Å². The van der Waals surface area contributed by atoms with E-state index in [1.807, 2.05) is 30.3 Å². The Bertz CT molecular complexity index is 828. The van der Waals surface area contributed by atoms with Gasteiger partial charge in [0.2, 0.25) is 0 Å². The molecular weight excluding hydrogens is 332 g/mol. The Morgan fingerprint density at radius 2 is 1.88 bits per heavy atom. The van der Waals surface area contributed by atoms with Gasteiger partial charge in [0.1, 0.15) is 29.3 Å². The Morgan fingerprint density at radius 1 is 1.08 bits per heavy atom. The van der Waals surface area contributed by atoms with Crippen LogP contribution in [0.25, 0.3) is 10.2 Å². The summed E-state index contributed by atoms with van der Waals surface area (Å²) in [5, 5.41) is 1.19. The molecule has 0 spiro atoms. The van der Waals surface area contributed by atoms with E-state index in [0.29, 0.717) is 0 Å². The van der Waals surface area contributed by atoms with E-state index < -0.39 is 0 Å². The fourth-order valence-corrected chi connectivity index (χ4v) is 4.05. The summed E-state index contributed by atoms with van der Waals surface area (Å²) >= 11 is 1.74. The molecule has 130 valence electrons. The van der Waals surface area contributed by atoms with E-state index in [-0.39, 0.29) is 0 Å². The SMILES string of the molecule is Cc1cc2c(N3CCN(CCOc4ccccc4)CC3)ncnc2s1. The first-order valence-electron chi connectivity index (χ1n) is 8.66. The van der Waals surface area contributed by atoms with Gasteiger partial charge in [-0.15, -0.1) is 11.3 Å². The maximum Gasteiger partial charge on any atom is 0.140 e. The van der Waals surface area contributed by atoms with E-state index in [1.54, 1.807) is 17.7 Å². The summed E-state index contributed by atoms with van der Waals surface area (Å²) in [5.74, 6) is 2.02. The van der Waals surface area contributed by atoms with Gasteiger partial charge in [0.15, 0.2) is 0 Å². The lowest BCUT2D eigenvalue weighted by Crippen LogP contribution is -2.47. The normalized spacial score (nSPS) is 15.6. The number of anilines is 1. The van der Waals surface area contributed by atoms with Gasteiger partial charge in [-0.1, -0.05) is 18.2 Å². The third kappa shape index (κ3) is 3.75. The number of piperazine rings is 1. The van der Waals surface area contributed by atoms with E-state index in [0.717, 1.165) is 55.7 Å². The van der Waals surface area contributed by atoms with Crippen molar-refractivity contribution in [1.82, 2.24) is 14.9 Å². The van der Waals surface area contributed by atoms with Crippen LogP contribution in [0.1, 0.15) is 4.88 Å². The number of hydrogen-bond acceptors (Lipinski definition) is 6. The highest BCUT2D eigenvalue weighted by Gasteiger charge is 2.20. The quantitative estimate of drug-likeness (QED) is 0.704. The summed E-state index contributed by atoms with van der Waals surface area (Å²) in [6, 6.07) is 12.2. The van der Waals surface area contributed by atoms with Crippen molar-refractivity contribution >= 4 is 27.4 Å². The van der Waals surface area contributed by atoms with Gasteiger partial charge in [-0.25, -0.2) is 9.97 Å². The van der Waals surface area contributed by atoms with Crippen molar-refractivity contribution in [2.75, 3.05) is 44.2 Å². The molecule has 5 nitrogen and oxygen atoms in total. The minimum atomic E-state index is 0.728. The molecule has 0 amide bonds. The van der Waals surface area contributed by atoms with Crippen LogP contribution in [0.3, 0.4) is 0 Å². The molecule has 25 heavy (non-hydrogen) atoms. The van der Waals surface area contributed by atoms with Crippen LogP contribution in [0.4, 0.5) is 5.82 Å². The Balaban J connectivity index is 1.32. The molecule has 0 atom stereocenters. The number of para-hydroxylation sites is 1. The summed E-state index contributed by atoms with van der Waals surface area (Å²) in [4.78, 5) is 16.1. The molecule has 6 heteroatoms. The molecule has 4 rings (SSSR count). The molecule has 1 aliphatic rings. The van der Waals surface area contributed by atoms with E-state index in [2.05, 4.69) is 32.8 Å². The maximum atomic E-state index is 5.81. The molecule has 3 aromatic rings. The number of hydrogen-bond donors (Lipinski definition) is 0. The number of benzene rings is 1. The van der Waals surface area contributed by atoms with E-state index in [9.17, 15) is 0 Å². The lowest BCUT2D eigenvalue weighted by atomic mass is 10.2. The number of nitrogens with zero attached hydrogens (tertiary/aromatic N) is 4. The van der Waals surface area contributed by atoms with Crippen molar-refractivity contribution in [3.63, 3.8) is 0 Å². The summed E-state index contributed by atoms with van der Waals surface area (Å²) in [5.41, 5.74) is 0. The smallest absolute Gasteiger partial charge is 0.140 e. The number of thiophene rings is 1. The maximum absolute atomic E-state index is 5.81. The molecule has 0 unspecified atom stereocenters. The lowest BCUT2D eigenvalue weighted by molar-refractivity contribution is 0.200. The summed E-state index contributed by atoms with van der Waals surface area (Å²) < 4.78 is 5.81. The zero-order chi connectivity index (χ0) is 17.1. The number of aryl methyl sites for hydroxylation is 1. The molecular formula is C19H22N4OS. The van der Waals surface area contributed by atoms with Crippen LogP contribution in [-0.4, -0.2) is 54.2 Å². The van der Waals surface area contributed by atoms with Crippen LogP contribution in [0, 0.1) is 6.92 Å². The second-order valence-corrected chi connectivity index (χ2v) is 7.50. The number of aromatic nitrogens is 2. The molecule has 1 aromatic carbocycles. The van der Waals surface area contributed by atoms with Gasteiger partial charge in [-0.2, -0.15) is 0 Å². The zero-order valence-electron chi connectivity index (χ0n) is 14.4. The molecule has 0 bridgehead atoms. The third-order valence-electron chi connectivity index (χ3n) is 4.52. The zero-order valence-corrected chi connectivity index (χ0v) is 15.2. The topological polar surface area (TPSA) is 41.5 Å². The molecule has 0 saturated carbocycles. The number of ether oxygens (including phenoxy) is 1. The van der Waals surface area contributed by atoms with Crippen molar-refractivity contribution in [3.8, 4) is 5.75 Å². The minimum absolute atomic E-state index is 0.728. The predicted octanol–water partition coefficient (Wildman–Crippen LogP) is 3.20. The standard InChI is InChI=1S/C19H22N4OS/c1-15-13-17-18(20-14-21-19(17)25-15)23-9-7-22(8-10-23)11-12-24-16-5-3-2-4-6-16/h2-6,13-14H,7-12H2,1H3. The second kappa shape index (κ2) is 7.37. The highest BCUT2D eigenvalue weighted by Crippen LogP contribution is 2.30. The minimum Gasteiger partial charge on any atom is -0.492 e. The average Bonchev–Trinajstić information content (AvgIpc) is 3.03. The van der Waals surface area contributed by atoms with Crippen molar-refractivity contribution in [1.29, 1.82) is 0 Å². The summed E-state index contributed by atoms with van der Waals surface area (Å²) in [6.45, 7) is 7.87. The Hall–Kier alpha value is -2.18. The number of fused-ring (bicyclic) bond motifs is 1. The first-order valence-corrected chi connectivity index (χ1v) is 9.47. The van der Waals surface area contributed by atoms with Crippen molar-refractivity contribution in [3.05, 3.63) is 47.6 Å². The van der Waals surface area contributed by atoms with Crippen molar-refractivity contribution in [2.24, 2.45) is 0 Å². The molecule has 0 aliphatic carbocycles. The van der Waals surface area contributed by atoms with Gasteiger partial charge < -0.3 is 9.64 Å². The molecule has 0 N–H and O–H groups in total. The van der Waals surface area contributed by atoms with E-state index >= 15 is 0 Å². The van der Waals surface area contributed by atoms with Gasteiger partial charge >= 0.3 is 0 Å². The third-order valence-corrected chi connectivity index (χ3v) is 5.48. The largest absolute Gasteiger partial charge is 0.492 e. The second-order valence-electron chi connectivity index (χ2n) is 6.26. The van der Waals surface area contributed by atoms with Crippen LogP contribution in [0.2, 0.25) is 0 Å². The van der Waals surface area contributed by atoms with Gasteiger partial charge in [-0.3, -0.25) is 4.90 Å². The predicted molar refractivity (Wildman–Crippen MR) is 103 cm³/mol. The molecule has 1 aliphatic heterocycles. The van der Waals surface area contributed by atoms with Crippen LogP contribution in [0.15, 0.2) is 42.7 Å². The lowest BCUT2D eigenvalue weighted by Gasteiger charge is -2.35. The fraction of sp³-hybridized carbons (Fsp3) is 0.368. The molecule has 1 saturated heterocycles. The van der Waals surface area contributed by atoms with E-state index in [4.69, 9.17) is 4.74 Å². The Kier molecular flexibility index (Phi) is 4.81. The molecule has 0 radical (unpaired) electrons. The highest BCUT2D eigenvalue weighted by molar-refractivity contribution is 7.18. The van der Waals surface area contributed by atoms with Crippen LogP contribution < -0.4 is 9.64 Å². The van der Waals surface area contributed by atoms with Gasteiger partial charge in [0.05, 0.1) is 5.39 Å². The van der Waals surface area contributed by atoms with Crippen molar-refractivity contribution in [2.45, 2.75) is 6.92 Å². The first-order chi connectivity index (χ1) is 12.3. The summed E-state index contributed by atoms with van der Waals surface area (Å²) in [6.07, 6.45) is 1.69. The van der Waals surface area contributed by atoms with E-state index in [1.165, 1.54) is 10.3 Å².